The first-order valence-electron chi connectivity index (χ1n) is 8.33. The maximum atomic E-state index is 12.9. The van der Waals surface area contributed by atoms with Crippen LogP contribution in [0.15, 0.2) is 52.9 Å². The van der Waals surface area contributed by atoms with Gasteiger partial charge in [0.1, 0.15) is 4.90 Å². The predicted octanol–water partition coefficient (Wildman–Crippen LogP) is 1.82. The van der Waals surface area contributed by atoms with Gasteiger partial charge >= 0.3 is 11.9 Å². The fourth-order valence-electron chi connectivity index (χ4n) is 2.53. The zero-order chi connectivity index (χ0) is 22.3. The van der Waals surface area contributed by atoms with E-state index in [0.717, 1.165) is 28.9 Å². The highest BCUT2D eigenvalue weighted by molar-refractivity contribution is 7.91. The average Bonchev–Trinajstić information content (AvgIpc) is 3.03. The van der Waals surface area contributed by atoms with E-state index in [9.17, 15) is 31.2 Å². The first-order chi connectivity index (χ1) is 14.0. The van der Waals surface area contributed by atoms with E-state index in [4.69, 9.17) is 0 Å². The lowest BCUT2D eigenvalue weighted by Gasteiger charge is -2.10. The molecule has 0 saturated carbocycles. The van der Waals surface area contributed by atoms with E-state index in [1.165, 1.54) is 6.92 Å². The lowest BCUT2D eigenvalue weighted by Crippen LogP contribution is -2.23. The molecule has 0 aliphatic carbocycles. The molecule has 0 aromatic carbocycles. The van der Waals surface area contributed by atoms with Crippen LogP contribution in [-0.4, -0.2) is 39.2 Å². The monoisotopic (exact) mass is 441 g/mol. The second kappa shape index (κ2) is 7.40. The van der Waals surface area contributed by atoms with Gasteiger partial charge in [-0.3, -0.25) is 4.79 Å². The summed E-state index contributed by atoms with van der Waals surface area (Å²) in [6, 6.07) is 2.44. The van der Waals surface area contributed by atoms with Crippen LogP contribution in [0.2, 0.25) is 0 Å². The summed E-state index contributed by atoms with van der Waals surface area (Å²) in [6.45, 7) is 4.64. The van der Waals surface area contributed by atoms with Gasteiger partial charge < -0.3 is 5.32 Å². The summed E-state index contributed by atoms with van der Waals surface area (Å²) < 4.78 is 65.3. The molecule has 3 aromatic heterocycles. The summed E-state index contributed by atoms with van der Waals surface area (Å²) in [5.41, 5.74) is -2.27. The lowest BCUT2D eigenvalue weighted by molar-refractivity contribution is -0.137. The molecule has 1 N–H and O–H groups in total. The molecular formula is C17H14F3N5O4S. The highest BCUT2D eigenvalue weighted by Crippen LogP contribution is 2.29. The topological polar surface area (TPSA) is 115 Å². The number of fused-ring (bicyclic) bond motifs is 1. The minimum Gasteiger partial charge on any atom is -0.321 e. The molecule has 0 aliphatic heterocycles. The second-order valence-corrected chi connectivity index (χ2v) is 8.22. The molecule has 158 valence electrons. The normalized spacial score (nSPS) is 12.1. The number of hydrogen-bond acceptors (Lipinski definition) is 6. The van der Waals surface area contributed by atoms with Crippen LogP contribution in [0.4, 0.5) is 18.9 Å². The molecule has 3 rings (SSSR count). The van der Waals surface area contributed by atoms with Crippen molar-refractivity contribution in [2.24, 2.45) is 0 Å². The van der Waals surface area contributed by atoms with E-state index < -0.39 is 43.9 Å². The van der Waals surface area contributed by atoms with E-state index in [2.05, 4.69) is 22.0 Å². The average molecular weight is 441 g/mol. The Morgan fingerprint density at radius 2 is 2.03 bits per heavy atom. The smallest absolute Gasteiger partial charge is 0.321 e. The Labute approximate surface area is 167 Å². The number of nitrogens with one attached hydrogen (secondary N) is 1. The Morgan fingerprint density at radius 1 is 1.33 bits per heavy atom. The summed E-state index contributed by atoms with van der Waals surface area (Å²) in [6.07, 6.45) is -1.71. The number of aromatic nitrogens is 4. The van der Waals surface area contributed by atoms with Gasteiger partial charge in [-0.25, -0.2) is 22.6 Å². The van der Waals surface area contributed by atoms with Gasteiger partial charge in [-0.1, -0.05) is 13.5 Å². The highest BCUT2D eigenvalue weighted by Gasteiger charge is 2.31. The summed E-state index contributed by atoms with van der Waals surface area (Å²) in [5.74, 6) is -1.38. The van der Waals surface area contributed by atoms with Crippen LogP contribution < -0.4 is 11.0 Å². The van der Waals surface area contributed by atoms with Gasteiger partial charge in [0.2, 0.25) is 5.91 Å². The zero-order valence-corrected chi connectivity index (χ0v) is 16.2. The fourth-order valence-corrected chi connectivity index (χ4v) is 3.57. The molecule has 0 bridgehead atoms. The molecule has 3 heterocycles. The van der Waals surface area contributed by atoms with Crippen molar-refractivity contribution < 1.29 is 26.4 Å². The van der Waals surface area contributed by atoms with E-state index in [-0.39, 0.29) is 17.1 Å². The minimum atomic E-state index is -4.65. The Balaban J connectivity index is 2.25. The van der Waals surface area contributed by atoms with Gasteiger partial charge in [0, 0.05) is 6.20 Å². The number of anilines is 1. The van der Waals surface area contributed by atoms with Crippen molar-refractivity contribution in [2.45, 2.75) is 18.0 Å². The molecule has 3 aromatic rings. The van der Waals surface area contributed by atoms with E-state index >= 15 is 0 Å². The van der Waals surface area contributed by atoms with Crippen molar-refractivity contribution in [1.82, 2.24) is 19.2 Å². The van der Waals surface area contributed by atoms with Crippen molar-refractivity contribution in [1.29, 1.82) is 0 Å². The molecule has 0 fully saturated rings. The van der Waals surface area contributed by atoms with Crippen LogP contribution in [-0.2, 0) is 20.8 Å². The number of alkyl halides is 3. The molecule has 0 unspecified atom stereocenters. The lowest BCUT2D eigenvalue weighted by atomic mass is 10.2. The maximum Gasteiger partial charge on any atom is 0.416 e. The fraction of sp³-hybridized carbons (Fsp3) is 0.176. The number of carbonyl (C=O) groups excluding carboxylic acids is 1. The van der Waals surface area contributed by atoms with E-state index in [0.29, 0.717) is 16.8 Å². The number of sulfone groups is 1. The third-order valence-corrected chi connectivity index (χ3v) is 5.78. The Hall–Kier alpha value is -3.48. The Morgan fingerprint density at radius 3 is 2.63 bits per heavy atom. The van der Waals surface area contributed by atoms with Crippen LogP contribution in [0.5, 0.6) is 0 Å². The van der Waals surface area contributed by atoms with Gasteiger partial charge in [-0.05, 0) is 24.3 Å². The second-order valence-electron chi connectivity index (χ2n) is 5.98. The van der Waals surface area contributed by atoms with Crippen molar-refractivity contribution in [3.63, 3.8) is 0 Å². The van der Waals surface area contributed by atoms with Gasteiger partial charge in [-0.15, -0.1) is 5.10 Å². The van der Waals surface area contributed by atoms with E-state index in [1.54, 1.807) is 0 Å². The van der Waals surface area contributed by atoms with Crippen LogP contribution in [0.25, 0.3) is 11.5 Å². The van der Waals surface area contributed by atoms with Crippen molar-refractivity contribution >= 4 is 27.1 Å². The summed E-state index contributed by atoms with van der Waals surface area (Å²) in [4.78, 5) is 27.6. The van der Waals surface area contributed by atoms with Crippen molar-refractivity contribution in [3.05, 3.63) is 59.3 Å². The molecule has 0 radical (unpaired) electrons. The molecule has 9 nitrogen and oxygen atoms in total. The first kappa shape index (κ1) is 21.2. The van der Waals surface area contributed by atoms with Gasteiger partial charge in [0.15, 0.2) is 21.3 Å². The number of hydrogen-bond donors (Lipinski definition) is 1. The SMILES string of the molecule is C=CC(=O)Nc1cnc(-n2nc3cc(C(F)(F)F)ccn3c2=O)c(S(=O)(=O)CC)c1. The zero-order valence-electron chi connectivity index (χ0n) is 15.3. The molecule has 1 amide bonds. The first-order valence-corrected chi connectivity index (χ1v) is 9.98. The summed E-state index contributed by atoms with van der Waals surface area (Å²) in [5, 5.41) is 6.16. The molecular weight excluding hydrogens is 427 g/mol. The molecule has 0 atom stereocenters. The number of carbonyl (C=O) groups is 1. The third kappa shape index (κ3) is 3.83. The van der Waals surface area contributed by atoms with Gasteiger partial charge in [0.05, 0.1) is 23.2 Å². The largest absolute Gasteiger partial charge is 0.416 e. The molecule has 30 heavy (non-hydrogen) atoms. The summed E-state index contributed by atoms with van der Waals surface area (Å²) >= 11 is 0. The highest BCUT2D eigenvalue weighted by atomic mass is 32.2. The summed E-state index contributed by atoms with van der Waals surface area (Å²) in [7, 11) is -3.96. The van der Waals surface area contributed by atoms with Crippen molar-refractivity contribution in [2.75, 3.05) is 11.1 Å². The number of nitrogens with zero attached hydrogens (tertiary/aromatic N) is 4. The van der Waals surface area contributed by atoms with Crippen LogP contribution in [0.3, 0.4) is 0 Å². The molecule has 0 spiro atoms. The molecule has 0 aliphatic rings. The predicted molar refractivity (Wildman–Crippen MR) is 100 cm³/mol. The number of rotatable bonds is 5. The molecule has 13 heteroatoms. The Bertz CT molecular complexity index is 1330. The third-order valence-electron chi connectivity index (χ3n) is 4.05. The van der Waals surface area contributed by atoms with Crippen molar-refractivity contribution in [3.8, 4) is 5.82 Å². The number of pyridine rings is 2. The van der Waals surface area contributed by atoms with Crippen LogP contribution in [0, 0.1) is 0 Å². The van der Waals surface area contributed by atoms with E-state index in [1.807, 2.05) is 0 Å². The minimum absolute atomic E-state index is 0.0202. The maximum absolute atomic E-state index is 12.9. The number of amides is 1. The number of halogens is 3. The van der Waals surface area contributed by atoms with Crippen LogP contribution >= 0.6 is 0 Å². The van der Waals surface area contributed by atoms with Gasteiger partial charge in [-0.2, -0.15) is 17.9 Å². The quantitative estimate of drug-likeness (QED) is 0.604. The van der Waals surface area contributed by atoms with Crippen LogP contribution in [0.1, 0.15) is 12.5 Å². The van der Waals surface area contributed by atoms with Gasteiger partial charge in [0.25, 0.3) is 0 Å². The Kier molecular flexibility index (Phi) is 5.24. The molecule has 0 saturated heterocycles. The standard InChI is InChI=1S/C17H14F3N5O4S/c1-3-14(26)22-11-8-12(30(28,29)4-2)15(21-9-11)25-16(27)24-6-5-10(17(18,19)20)7-13(24)23-25/h3,5-9H,1,4H2,2H3,(H,22,26).